The molecule has 0 aliphatic rings. The highest BCUT2D eigenvalue weighted by molar-refractivity contribution is 9.10. The van der Waals surface area contributed by atoms with Crippen LogP contribution in [0.4, 0.5) is 0 Å². The summed E-state index contributed by atoms with van der Waals surface area (Å²) in [6.45, 7) is 2.05. The molecule has 0 fully saturated rings. The van der Waals surface area contributed by atoms with Gasteiger partial charge in [-0.3, -0.25) is 4.21 Å². The first kappa shape index (κ1) is 14.7. The van der Waals surface area contributed by atoms with Crippen molar-refractivity contribution < 1.29 is 14.1 Å². The lowest BCUT2D eigenvalue weighted by atomic mass is 10.2. The Balaban J connectivity index is 2.81. The molecule has 1 aromatic carbocycles. The fraction of sp³-hybridized carbons (Fsp3) is 0.364. The first-order valence-corrected chi connectivity index (χ1v) is 8.32. The summed E-state index contributed by atoms with van der Waals surface area (Å²) in [7, 11) is -1.12. The minimum absolute atomic E-state index is 0.152. The van der Waals surface area contributed by atoms with Crippen LogP contribution in [-0.4, -0.2) is 32.5 Å². The van der Waals surface area contributed by atoms with E-state index in [1.807, 2.05) is 0 Å². The zero-order valence-electron chi connectivity index (χ0n) is 9.31. The number of hydrogen-bond acceptors (Lipinski definition) is 3. The van der Waals surface area contributed by atoms with Gasteiger partial charge in [0.1, 0.15) is 0 Å². The van der Waals surface area contributed by atoms with E-state index in [1.165, 1.54) is 6.07 Å². The lowest BCUT2D eigenvalue weighted by Gasteiger charge is -2.04. The minimum atomic E-state index is -1.12. The maximum atomic E-state index is 11.9. The average molecular weight is 337 g/mol. The summed E-state index contributed by atoms with van der Waals surface area (Å²) in [5.41, 5.74) is 0.152. The van der Waals surface area contributed by atoms with Crippen molar-refractivity contribution in [1.82, 2.24) is 0 Å². The molecule has 1 N–H and O–H groups in total. The monoisotopic (exact) mass is 336 g/mol. The average Bonchev–Trinajstić information content (AvgIpc) is 2.29. The molecule has 0 amide bonds. The normalized spacial score (nSPS) is 12.4. The van der Waals surface area contributed by atoms with E-state index in [4.69, 9.17) is 5.11 Å². The molecule has 0 saturated carbocycles. The summed E-state index contributed by atoms with van der Waals surface area (Å²) in [6.07, 6.45) is 0. The Morgan fingerprint density at radius 1 is 1.53 bits per heavy atom. The zero-order valence-corrected chi connectivity index (χ0v) is 12.5. The summed E-state index contributed by atoms with van der Waals surface area (Å²) in [6, 6.07) is 4.80. The number of carbonyl (C=O) groups is 1. The second-order valence-corrected chi connectivity index (χ2v) is 7.01. The highest BCUT2D eigenvalue weighted by Crippen LogP contribution is 2.20. The van der Waals surface area contributed by atoms with Gasteiger partial charge in [0.15, 0.2) is 0 Å². The summed E-state index contributed by atoms with van der Waals surface area (Å²) in [5.74, 6) is 1.36. The van der Waals surface area contributed by atoms with Gasteiger partial charge in [-0.2, -0.15) is 11.8 Å². The molecule has 0 aliphatic heterocycles. The summed E-state index contributed by atoms with van der Waals surface area (Å²) < 4.78 is 12.4. The Morgan fingerprint density at radius 3 is 2.82 bits per heavy atom. The van der Waals surface area contributed by atoms with Crippen LogP contribution >= 0.6 is 27.7 Å². The van der Waals surface area contributed by atoms with Gasteiger partial charge in [-0.1, -0.05) is 6.92 Å². The van der Waals surface area contributed by atoms with Crippen LogP contribution in [-0.2, 0) is 10.8 Å². The van der Waals surface area contributed by atoms with Gasteiger partial charge in [0.2, 0.25) is 0 Å². The Labute approximate surface area is 116 Å². The number of benzene rings is 1. The molecule has 6 heteroatoms. The predicted octanol–water partition coefficient (Wildman–Crippen LogP) is 3.01. The minimum Gasteiger partial charge on any atom is -0.478 e. The smallest absolute Gasteiger partial charge is 0.336 e. The molecule has 1 rings (SSSR count). The maximum absolute atomic E-state index is 11.9. The van der Waals surface area contributed by atoms with Crippen LogP contribution in [0.5, 0.6) is 0 Å². The SMILES string of the molecule is CCSCCS(=O)c1ccc(Br)c(C(=O)O)c1. The van der Waals surface area contributed by atoms with Gasteiger partial charge in [-0.15, -0.1) is 0 Å². The van der Waals surface area contributed by atoms with Crippen molar-refractivity contribution in [3.63, 3.8) is 0 Å². The number of rotatable bonds is 6. The molecule has 0 aromatic heterocycles. The van der Waals surface area contributed by atoms with Gasteiger partial charge in [-0.05, 0) is 39.9 Å². The summed E-state index contributed by atoms with van der Waals surface area (Å²) in [5, 5.41) is 8.95. The molecule has 0 spiro atoms. The van der Waals surface area contributed by atoms with Crippen molar-refractivity contribution in [2.75, 3.05) is 17.3 Å². The van der Waals surface area contributed by atoms with E-state index in [-0.39, 0.29) is 5.56 Å². The molecule has 0 radical (unpaired) electrons. The van der Waals surface area contributed by atoms with Crippen molar-refractivity contribution in [2.24, 2.45) is 0 Å². The third-order valence-corrected chi connectivity index (χ3v) is 5.25. The van der Waals surface area contributed by atoms with Crippen molar-refractivity contribution in [1.29, 1.82) is 0 Å². The predicted molar refractivity (Wildman–Crippen MR) is 75.4 cm³/mol. The summed E-state index contributed by atoms with van der Waals surface area (Å²) in [4.78, 5) is 11.5. The van der Waals surface area contributed by atoms with E-state index in [1.54, 1.807) is 23.9 Å². The Hall–Kier alpha value is -0.330. The van der Waals surface area contributed by atoms with E-state index in [0.717, 1.165) is 11.5 Å². The van der Waals surface area contributed by atoms with E-state index in [0.29, 0.717) is 15.1 Å². The summed E-state index contributed by atoms with van der Waals surface area (Å²) >= 11 is 4.89. The number of carboxylic acids is 1. The number of hydrogen-bond donors (Lipinski definition) is 1. The van der Waals surface area contributed by atoms with Crippen molar-refractivity contribution in [3.05, 3.63) is 28.2 Å². The van der Waals surface area contributed by atoms with Crippen LogP contribution in [0.2, 0.25) is 0 Å². The molecule has 94 valence electrons. The lowest BCUT2D eigenvalue weighted by molar-refractivity contribution is 0.0695. The highest BCUT2D eigenvalue weighted by atomic mass is 79.9. The molecule has 0 saturated heterocycles. The standard InChI is InChI=1S/C11H13BrO3S2/c1-2-16-5-6-17(15)8-3-4-10(12)9(7-8)11(13)14/h3-4,7H,2,5-6H2,1H3,(H,13,14). The van der Waals surface area contributed by atoms with E-state index < -0.39 is 16.8 Å². The Kier molecular flexibility index (Phi) is 6.22. The van der Waals surface area contributed by atoms with E-state index >= 15 is 0 Å². The first-order valence-electron chi connectivity index (χ1n) is 5.05. The van der Waals surface area contributed by atoms with Crippen molar-refractivity contribution in [3.8, 4) is 0 Å². The van der Waals surface area contributed by atoms with Gasteiger partial charge in [0.05, 0.1) is 16.4 Å². The molecule has 3 nitrogen and oxygen atoms in total. The van der Waals surface area contributed by atoms with Gasteiger partial charge < -0.3 is 5.11 Å². The first-order chi connectivity index (χ1) is 8.06. The van der Waals surface area contributed by atoms with Crippen molar-refractivity contribution >= 4 is 44.5 Å². The van der Waals surface area contributed by atoms with Gasteiger partial charge >= 0.3 is 5.97 Å². The quantitative estimate of drug-likeness (QED) is 0.811. The fourth-order valence-corrected chi connectivity index (χ4v) is 3.69. The number of carboxylic acid groups (broad SMARTS) is 1. The second-order valence-electron chi connectivity index (χ2n) is 3.19. The molecule has 1 aromatic rings. The fourth-order valence-electron chi connectivity index (χ4n) is 1.21. The third-order valence-electron chi connectivity index (χ3n) is 2.05. The molecule has 1 atom stereocenters. The molecule has 0 aliphatic carbocycles. The van der Waals surface area contributed by atoms with Crippen LogP contribution in [0, 0.1) is 0 Å². The van der Waals surface area contributed by atoms with E-state index in [2.05, 4.69) is 22.9 Å². The van der Waals surface area contributed by atoms with Gasteiger partial charge in [0, 0.05) is 20.9 Å². The van der Waals surface area contributed by atoms with Gasteiger partial charge in [-0.25, -0.2) is 4.79 Å². The highest BCUT2D eigenvalue weighted by Gasteiger charge is 2.12. The Morgan fingerprint density at radius 2 is 2.24 bits per heavy atom. The zero-order chi connectivity index (χ0) is 12.8. The topological polar surface area (TPSA) is 54.4 Å². The van der Waals surface area contributed by atoms with Crippen LogP contribution in [0.15, 0.2) is 27.6 Å². The molecule has 0 heterocycles. The van der Waals surface area contributed by atoms with Crippen LogP contribution in [0.3, 0.4) is 0 Å². The molecular formula is C11H13BrO3S2. The van der Waals surface area contributed by atoms with E-state index in [9.17, 15) is 9.00 Å². The largest absolute Gasteiger partial charge is 0.478 e. The maximum Gasteiger partial charge on any atom is 0.336 e. The second kappa shape index (κ2) is 7.18. The third kappa shape index (κ3) is 4.44. The number of halogens is 1. The van der Waals surface area contributed by atoms with Crippen LogP contribution in [0.25, 0.3) is 0 Å². The molecule has 1 unspecified atom stereocenters. The van der Waals surface area contributed by atoms with Crippen LogP contribution in [0.1, 0.15) is 17.3 Å². The molecule has 0 bridgehead atoms. The number of thioether (sulfide) groups is 1. The molecule has 17 heavy (non-hydrogen) atoms. The van der Waals surface area contributed by atoms with Crippen molar-refractivity contribution in [2.45, 2.75) is 11.8 Å². The Bertz CT molecular complexity index is 435. The van der Waals surface area contributed by atoms with Gasteiger partial charge in [0.25, 0.3) is 0 Å². The molecular weight excluding hydrogens is 324 g/mol. The number of aromatic carboxylic acids is 1. The van der Waals surface area contributed by atoms with Crippen LogP contribution < -0.4 is 0 Å². The lowest BCUT2D eigenvalue weighted by Crippen LogP contribution is -2.04.